The molecule has 3 N–H and O–H groups in total. The zero-order valence-electron chi connectivity index (χ0n) is 10.8. The van der Waals surface area contributed by atoms with Crippen molar-refractivity contribution in [3.8, 4) is 0 Å². The molecule has 2 aromatic heterocycles. The third kappa shape index (κ3) is 3.00. The van der Waals surface area contributed by atoms with Gasteiger partial charge in [-0.3, -0.25) is 9.78 Å². The van der Waals surface area contributed by atoms with Gasteiger partial charge >= 0.3 is 0 Å². The normalized spacial score (nSPS) is 12.3. The van der Waals surface area contributed by atoms with Gasteiger partial charge in [-0.1, -0.05) is 5.57 Å². The number of hydrogen-bond donors (Lipinski definition) is 3. The molecular formula is C14H17N3O2. The van der Waals surface area contributed by atoms with Crippen molar-refractivity contribution in [1.82, 2.24) is 15.3 Å². The summed E-state index contributed by atoms with van der Waals surface area (Å²) in [5, 5.41) is 12.9. The molecule has 0 aliphatic rings. The lowest BCUT2D eigenvalue weighted by Gasteiger charge is -2.16. The summed E-state index contributed by atoms with van der Waals surface area (Å²) in [5.74, 6) is -0.238. The minimum Gasteiger partial charge on any atom is -0.394 e. The van der Waals surface area contributed by atoms with E-state index in [1.54, 1.807) is 12.4 Å². The van der Waals surface area contributed by atoms with E-state index >= 15 is 0 Å². The van der Waals surface area contributed by atoms with Crippen LogP contribution in [0.1, 0.15) is 23.7 Å². The van der Waals surface area contributed by atoms with Gasteiger partial charge in [0.05, 0.1) is 29.9 Å². The van der Waals surface area contributed by atoms with Gasteiger partial charge in [0.2, 0.25) is 0 Å². The van der Waals surface area contributed by atoms with E-state index in [0.717, 1.165) is 16.5 Å². The molecule has 0 fully saturated rings. The van der Waals surface area contributed by atoms with Gasteiger partial charge in [-0.05, 0) is 19.4 Å². The van der Waals surface area contributed by atoms with Crippen molar-refractivity contribution in [2.24, 2.45) is 0 Å². The standard InChI is InChI=1S/C14H17N3O2/c1-9(2)5-10(8-18)17-14(19)12-6-15-7-13-11(12)3-4-16-13/h3-4,6-7,10,16,18H,1,5,8H2,2H3,(H,17,19). The molecule has 5 heteroatoms. The zero-order valence-corrected chi connectivity index (χ0v) is 10.8. The van der Waals surface area contributed by atoms with Gasteiger partial charge in [0.1, 0.15) is 0 Å². The molecule has 19 heavy (non-hydrogen) atoms. The summed E-state index contributed by atoms with van der Waals surface area (Å²) >= 11 is 0. The third-order valence-electron chi connectivity index (χ3n) is 2.87. The first-order valence-corrected chi connectivity index (χ1v) is 6.09. The number of pyridine rings is 1. The molecule has 0 aliphatic carbocycles. The highest BCUT2D eigenvalue weighted by Crippen LogP contribution is 2.16. The largest absolute Gasteiger partial charge is 0.394 e. The SMILES string of the molecule is C=C(C)CC(CO)NC(=O)c1cncc2[nH]ccc12. The maximum Gasteiger partial charge on any atom is 0.253 e. The van der Waals surface area contributed by atoms with Crippen molar-refractivity contribution in [2.75, 3.05) is 6.61 Å². The van der Waals surface area contributed by atoms with E-state index in [1.807, 2.05) is 13.0 Å². The van der Waals surface area contributed by atoms with Crippen molar-refractivity contribution in [2.45, 2.75) is 19.4 Å². The second-order valence-corrected chi connectivity index (χ2v) is 4.64. The van der Waals surface area contributed by atoms with E-state index in [1.165, 1.54) is 6.20 Å². The lowest BCUT2D eigenvalue weighted by Crippen LogP contribution is -2.37. The van der Waals surface area contributed by atoms with Crippen molar-refractivity contribution >= 4 is 16.8 Å². The predicted octanol–water partition coefficient (Wildman–Crippen LogP) is 1.62. The second kappa shape index (κ2) is 5.67. The fourth-order valence-electron chi connectivity index (χ4n) is 2.01. The summed E-state index contributed by atoms with van der Waals surface area (Å²) in [5.41, 5.74) is 2.23. The maximum atomic E-state index is 12.2. The number of aliphatic hydroxyl groups excluding tert-OH is 1. The van der Waals surface area contributed by atoms with Crippen LogP contribution in [0.3, 0.4) is 0 Å². The molecule has 2 aromatic rings. The highest BCUT2D eigenvalue weighted by atomic mass is 16.3. The number of H-pyrrole nitrogens is 1. The number of nitrogens with one attached hydrogen (secondary N) is 2. The molecular weight excluding hydrogens is 242 g/mol. The number of hydrogen-bond acceptors (Lipinski definition) is 3. The summed E-state index contributed by atoms with van der Waals surface area (Å²) in [6.45, 7) is 5.53. The fraction of sp³-hybridized carbons (Fsp3) is 0.286. The van der Waals surface area contributed by atoms with Gasteiger partial charge in [-0.25, -0.2) is 0 Å². The van der Waals surface area contributed by atoms with E-state index in [0.29, 0.717) is 12.0 Å². The highest BCUT2D eigenvalue weighted by Gasteiger charge is 2.15. The van der Waals surface area contributed by atoms with E-state index < -0.39 is 0 Å². The van der Waals surface area contributed by atoms with Gasteiger partial charge in [-0.2, -0.15) is 0 Å². The van der Waals surface area contributed by atoms with Crippen molar-refractivity contribution in [3.05, 3.63) is 42.4 Å². The van der Waals surface area contributed by atoms with E-state index in [2.05, 4.69) is 21.9 Å². The number of aromatic amines is 1. The highest BCUT2D eigenvalue weighted by molar-refractivity contribution is 6.05. The number of carbonyl (C=O) groups excluding carboxylic acids is 1. The summed E-state index contributed by atoms with van der Waals surface area (Å²) in [4.78, 5) is 19.2. The molecule has 0 bridgehead atoms. The summed E-state index contributed by atoms with van der Waals surface area (Å²) < 4.78 is 0. The van der Waals surface area contributed by atoms with Crippen LogP contribution in [0.2, 0.25) is 0 Å². The van der Waals surface area contributed by atoms with Crippen LogP contribution >= 0.6 is 0 Å². The zero-order chi connectivity index (χ0) is 13.8. The van der Waals surface area contributed by atoms with Crippen LogP contribution < -0.4 is 5.32 Å². The Hall–Kier alpha value is -2.14. The van der Waals surface area contributed by atoms with Gasteiger partial charge in [0, 0.05) is 17.8 Å². The molecule has 100 valence electrons. The van der Waals surface area contributed by atoms with Crippen LogP contribution in [0.15, 0.2) is 36.8 Å². The predicted molar refractivity (Wildman–Crippen MR) is 73.9 cm³/mol. The van der Waals surface area contributed by atoms with Crippen molar-refractivity contribution < 1.29 is 9.90 Å². The summed E-state index contributed by atoms with van der Waals surface area (Å²) in [6.07, 6.45) is 5.52. The number of aliphatic hydroxyl groups is 1. The first kappa shape index (κ1) is 13.3. The quantitative estimate of drug-likeness (QED) is 0.714. The average molecular weight is 259 g/mol. The second-order valence-electron chi connectivity index (χ2n) is 4.64. The lowest BCUT2D eigenvalue weighted by atomic mass is 10.1. The minimum atomic E-state index is -0.320. The topological polar surface area (TPSA) is 78.0 Å². The number of carbonyl (C=O) groups is 1. The van der Waals surface area contributed by atoms with Crippen molar-refractivity contribution in [1.29, 1.82) is 0 Å². The Labute approximate surface area is 111 Å². The van der Waals surface area contributed by atoms with Crippen LogP contribution in [0, 0.1) is 0 Å². The van der Waals surface area contributed by atoms with Crippen LogP contribution in [0.5, 0.6) is 0 Å². The monoisotopic (exact) mass is 259 g/mol. The Kier molecular flexibility index (Phi) is 3.97. The Morgan fingerprint density at radius 2 is 2.37 bits per heavy atom. The van der Waals surface area contributed by atoms with Crippen LogP contribution in [-0.4, -0.2) is 33.6 Å². The van der Waals surface area contributed by atoms with Crippen LogP contribution in [-0.2, 0) is 0 Å². The Morgan fingerprint density at radius 1 is 1.58 bits per heavy atom. The molecule has 0 aliphatic heterocycles. The first-order chi connectivity index (χ1) is 9.11. The number of rotatable bonds is 5. The molecule has 0 saturated heterocycles. The molecule has 2 heterocycles. The smallest absolute Gasteiger partial charge is 0.253 e. The summed E-state index contributed by atoms with van der Waals surface area (Å²) in [6, 6.07) is 1.51. The van der Waals surface area contributed by atoms with E-state index in [4.69, 9.17) is 0 Å². The van der Waals surface area contributed by atoms with Gasteiger partial charge in [0.25, 0.3) is 5.91 Å². The minimum absolute atomic E-state index is 0.116. The molecule has 0 spiro atoms. The maximum absolute atomic E-state index is 12.2. The molecule has 5 nitrogen and oxygen atoms in total. The van der Waals surface area contributed by atoms with E-state index in [-0.39, 0.29) is 18.6 Å². The molecule has 0 saturated carbocycles. The first-order valence-electron chi connectivity index (χ1n) is 6.09. The fourth-order valence-corrected chi connectivity index (χ4v) is 2.01. The van der Waals surface area contributed by atoms with Gasteiger partial charge < -0.3 is 15.4 Å². The van der Waals surface area contributed by atoms with Gasteiger partial charge in [0.15, 0.2) is 0 Å². The molecule has 1 unspecified atom stereocenters. The molecule has 0 aromatic carbocycles. The molecule has 0 radical (unpaired) electrons. The number of amides is 1. The third-order valence-corrected chi connectivity index (χ3v) is 2.87. The lowest BCUT2D eigenvalue weighted by molar-refractivity contribution is 0.0918. The van der Waals surface area contributed by atoms with Crippen LogP contribution in [0.25, 0.3) is 10.9 Å². The average Bonchev–Trinajstić information content (AvgIpc) is 2.85. The van der Waals surface area contributed by atoms with Crippen molar-refractivity contribution in [3.63, 3.8) is 0 Å². The van der Waals surface area contributed by atoms with E-state index in [9.17, 15) is 9.90 Å². The number of nitrogens with zero attached hydrogens (tertiary/aromatic N) is 1. The van der Waals surface area contributed by atoms with Gasteiger partial charge in [-0.15, -0.1) is 6.58 Å². The Balaban J connectivity index is 2.19. The molecule has 1 amide bonds. The number of aromatic nitrogens is 2. The molecule has 2 rings (SSSR count). The number of fused-ring (bicyclic) bond motifs is 1. The molecule has 1 atom stereocenters. The Morgan fingerprint density at radius 3 is 3.05 bits per heavy atom. The summed E-state index contributed by atoms with van der Waals surface area (Å²) in [7, 11) is 0. The van der Waals surface area contributed by atoms with Crippen LogP contribution in [0.4, 0.5) is 0 Å². The Bertz CT molecular complexity index is 604.